The van der Waals surface area contributed by atoms with E-state index in [0.29, 0.717) is 0 Å². The number of benzene rings is 1. The van der Waals surface area contributed by atoms with E-state index in [4.69, 9.17) is 0 Å². The maximum absolute atomic E-state index is 3.61. The van der Waals surface area contributed by atoms with Gasteiger partial charge in [-0.25, -0.2) is 0 Å². The molecular weight excluding hydrogens is 316 g/mol. The SMILES string of the molecule is CC(C)CC(CBr)Cc1cccc(Br)c1. The third-order valence-corrected chi connectivity index (χ3v) is 3.85. The largest absolute Gasteiger partial charge is 0.0925 e. The van der Waals surface area contributed by atoms with E-state index >= 15 is 0 Å². The van der Waals surface area contributed by atoms with Crippen molar-refractivity contribution in [3.8, 4) is 0 Å². The van der Waals surface area contributed by atoms with Gasteiger partial charge in [-0.3, -0.25) is 0 Å². The molecule has 1 unspecified atom stereocenters. The van der Waals surface area contributed by atoms with Gasteiger partial charge in [-0.1, -0.05) is 57.8 Å². The van der Waals surface area contributed by atoms with E-state index in [9.17, 15) is 0 Å². The summed E-state index contributed by atoms with van der Waals surface area (Å²) in [7, 11) is 0. The number of hydrogen-bond acceptors (Lipinski definition) is 0. The lowest BCUT2D eigenvalue weighted by atomic mass is 9.93. The van der Waals surface area contributed by atoms with E-state index in [-0.39, 0.29) is 0 Å². The van der Waals surface area contributed by atoms with Crippen LogP contribution in [-0.2, 0) is 6.42 Å². The van der Waals surface area contributed by atoms with Gasteiger partial charge in [0.15, 0.2) is 0 Å². The van der Waals surface area contributed by atoms with E-state index < -0.39 is 0 Å². The molecule has 1 aromatic carbocycles. The Morgan fingerprint density at radius 3 is 2.53 bits per heavy atom. The van der Waals surface area contributed by atoms with E-state index in [2.05, 4.69) is 70.0 Å². The van der Waals surface area contributed by atoms with Crippen LogP contribution in [-0.4, -0.2) is 5.33 Å². The Hall–Kier alpha value is 0.180. The van der Waals surface area contributed by atoms with Gasteiger partial charge in [0.2, 0.25) is 0 Å². The molecule has 0 nitrogen and oxygen atoms in total. The minimum Gasteiger partial charge on any atom is -0.0925 e. The van der Waals surface area contributed by atoms with Gasteiger partial charge in [0.1, 0.15) is 0 Å². The van der Waals surface area contributed by atoms with Crippen LogP contribution < -0.4 is 0 Å². The minimum atomic E-state index is 0.749. The molecule has 0 aromatic heterocycles. The summed E-state index contributed by atoms with van der Waals surface area (Å²) in [6.45, 7) is 4.58. The number of hydrogen-bond donors (Lipinski definition) is 0. The summed E-state index contributed by atoms with van der Waals surface area (Å²) in [6.07, 6.45) is 2.46. The monoisotopic (exact) mass is 332 g/mol. The number of rotatable bonds is 5. The van der Waals surface area contributed by atoms with Crippen molar-refractivity contribution in [1.82, 2.24) is 0 Å². The third-order valence-electron chi connectivity index (χ3n) is 2.44. The van der Waals surface area contributed by atoms with Crippen molar-refractivity contribution < 1.29 is 0 Å². The predicted octanol–water partition coefficient (Wildman–Crippen LogP) is 5.05. The summed E-state index contributed by atoms with van der Waals surface area (Å²) in [4.78, 5) is 0. The van der Waals surface area contributed by atoms with Gasteiger partial charge in [0.25, 0.3) is 0 Å². The highest BCUT2D eigenvalue weighted by Crippen LogP contribution is 2.21. The minimum absolute atomic E-state index is 0.749. The smallest absolute Gasteiger partial charge is 0.0177 e. The maximum Gasteiger partial charge on any atom is 0.0177 e. The van der Waals surface area contributed by atoms with E-state index in [0.717, 1.165) is 17.2 Å². The Morgan fingerprint density at radius 1 is 1.27 bits per heavy atom. The molecule has 1 rings (SSSR count). The highest BCUT2D eigenvalue weighted by atomic mass is 79.9. The lowest BCUT2D eigenvalue weighted by molar-refractivity contribution is 0.445. The topological polar surface area (TPSA) is 0 Å². The summed E-state index contributed by atoms with van der Waals surface area (Å²) in [5.74, 6) is 1.53. The molecule has 84 valence electrons. The molecule has 0 bridgehead atoms. The Labute approximate surface area is 110 Å². The van der Waals surface area contributed by atoms with E-state index in [1.165, 1.54) is 22.9 Å². The molecule has 15 heavy (non-hydrogen) atoms. The quantitative estimate of drug-likeness (QED) is 0.661. The molecule has 0 spiro atoms. The van der Waals surface area contributed by atoms with Crippen molar-refractivity contribution in [3.05, 3.63) is 34.3 Å². The fourth-order valence-corrected chi connectivity index (χ4v) is 2.80. The van der Waals surface area contributed by atoms with E-state index in [1.807, 2.05) is 0 Å². The van der Waals surface area contributed by atoms with E-state index in [1.54, 1.807) is 0 Å². The van der Waals surface area contributed by atoms with Crippen molar-refractivity contribution >= 4 is 31.9 Å². The number of alkyl halides is 1. The molecule has 0 radical (unpaired) electrons. The Balaban J connectivity index is 2.58. The van der Waals surface area contributed by atoms with Crippen molar-refractivity contribution in [2.24, 2.45) is 11.8 Å². The summed E-state index contributed by atoms with van der Waals surface area (Å²) >= 11 is 7.12. The lowest BCUT2D eigenvalue weighted by Gasteiger charge is -2.16. The Morgan fingerprint density at radius 2 is 2.00 bits per heavy atom. The molecule has 0 N–H and O–H groups in total. The van der Waals surface area contributed by atoms with Gasteiger partial charge >= 0.3 is 0 Å². The highest BCUT2D eigenvalue weighted by Gasteiger charge is 2.10. The number of halogens is 2. The molecular formula is C13H18Br2. The summed E-state index contributed by atoms with van der Waals surface area (Å²) in [5, 5.41) is 1.09. The molecule has 0 fully saturated rings. The van der Waals surface area contributed by atoms with Gasteiger partial charge in [-0.05, 0) is 42.4 Å². The van der Waals surface area contributed by atoms with Crippen LogP contribution in [0.1, 0.15) is 25.8 Å². The molecule has 0 aliphatic carbocycles. The third kappa shape index (κ3) is 5.17. The average molecular weight is 334 g/mol. The van der Waals surface area contributed by atoms with Crippen LogP contribution in [0.5, 0.6) is 0 Å². The summed E-state index contributed by atoms with van der Waals surface area (Å²) < 4.78 is 1.18. The maximum atomic E-state index is 3.61. The van der Waals surface area contributed by atoms with Crippen LogP contribution >= 0.6 is 31.9 Å². The first-order valence-electron chi connectivity index (χ1n) is 5.42. The van der Waals surface area contributed by atoms with Gasteiger partial charge in [0, 0.05) is 9.80 Å². The van der Waals surface area contributed by atoms with Crippen molar-refractivity contribution in [1.29, 1.82) is 0 Å². The zero-order valence-electron chi connectivity index (χ0n) is 9.34. The predicted molar refractivity (Wildman–Crippen MR) is 74.6 cm³/mol. The molecule has 0 heterocycles. The fraction of sp³-hybridized carbons (Fsp3) is 0.538. The van der Waals surface area contributed by atoms with Crippen LogP contribution in [0, 0.1) is 11.8 Å². The molecule has 2 heteroatoms. The molecule has 0 aliphatic heterocycles. The van der Waals surface area contributed by atoms with Gasteiger partial charge in [-0.2, -0.15) is 0 Å². The first-order valence-corrected chi connectivity index (χ1v) is 7.33. The molecule has 0 saturated heterocycles. The molecule has 0 amide bonds. The first kappa shape index (κ1) is 13.2. The molecule has 0 aliphatic rings. The van der Waals surface area contributed by atoms with Crippen molar-refractivity contribution in [3.63, 3.8) is 0 Å². The van der Waals surface area contributed by atoms with Crippen LogP contribution in [0.4, 0.5) is 0 Å². The zero-order chi connectivity index (χ0) is 11.3. The Kier molecular flexibility index (Phi) is 5.91. The lowest BCUT2D eigenvalue weighted by Crippen LogP contribution is -2.09. The van der Waals surface area contributed by atoms with Crippen LogP contribution in [0.15, 0.2) is 28.7 Å². The second-order valence-corrected chi connectivity index (χ2v) is 6.05. The standard InChI is InChI=1S/C13H18Br2/c1-10(2)6-12(9-14)7-11-4-3-5-13(15)8-11/h3-5,8,10,12H,6-7,9H2,1-2H3. The van der Waals surface area contributed by atoms with Gasteiger partial charge in [-0.15, -0.1) is 0 Å². The summed E-state index contributed by atoms with van der Waals surface area (Å²) in [6, 6.07) is 8.62. The average Bonchev–Trinajstić information content (AvgIpc) is 2.16. The molecule has 1 atom stereocenters. The van der Waals surface area contributed by atoms with Crippen molar-refractivity contribution in [2.45, 2.75) is 26.7 Å². The Bertz CT molecular complexity index is 294. The van der Waals surface area contributed by atoms with Crippen LogP contribution in [0.3, 0.4) is 0 Å². The second kappa shape index (κ2) is 6.70. The van der Waals surface area contributed by atoms with Gasteiger partial charge in [0.05, 0.1) is 0 Å². The fourth-order valence-electron chi connectivity index (χ4n) is 1.86. The summed E-state index contributed by atoms with van der Waals surface area (Å²) in [5.41, 5.74) is 1.43. The van der Waals surface area contributed by atoms with Gasteiger partial charge < -0.3 is 0 Å². The second-order valence-electron chi connectivity index (χ2n) is 4.48. The van der Waals surface area contributed by atoms with Crippen LogP contribution in [0.25, 0.3) is 0 Å². The molecule has 0 saturated carbocycles. The van der Waals surface area contributed by atoms with Crippen LogP contribution in [0.2, 0.25) is 0 Å². The first-order chi connectivity index (χ1) is 7.11. The van der Waals surface area contributed by atoms with Crippen molar-refractivity contribution in [2.75, 3.05) is 5.33 Å². The zero-order valence-corrected chi connectivity index (χ0v) is 12.5. The highest BCUT2D eigenvalue weighted by molar-refractivity contribution is 9.10. The molecule has 1 aromatic rings. The normalized spacial score (nSPS) is 13.1.